The largest absolute Gasteiger partial charge is 0.486 e. The van der Waals surface area contributed by atoms with Crippen molar-refractivity contribution in [1.29, 1.82) is 0 Å². The summed E-state index contributed by atoms with van der Waals surface area (Å²) in [5.41, 5.74) is -0.242. The molecule has 1 aliphatic heterocycles. The Bertz CT molecular complexity index is 951. The van der Waals surface area contributed by atoms with Gasteiger partial charge in [-0.2, -0.15) is 0 Å². The first-order valence-electron chi connectivity index (χ1n) is 8.79. The Morgan fingerprint density at radius 3 is 2.22 bits per heavy atom. The molecule has 2 aromatic carbocycles. The van der Waals surface area contributed by atoms with Crippen LogP contribution in [0.25, 0.3) is 0 Å². The molecular weight excluding hydrogens is 376 g/mol. The average molecular weight is 395 g/mol. The number of ether oxygens (including phenoxy) is 2. The summed E-state index contributed by atoms with van der Waals surface area (Å²) >= 11 is 0. The van der Waals surface area contributed by atoms with E-state index in [-0.39, 0.29) is 0 Å². The maximum absolute atomic E-state index is 14.1. The Kier molecular flexibility index (Phi) is 4.55. The molecule has 0 spiro atoms. The molecule has 5 nitrogen and oxygen atoms in total. The van der Waals surface area contributed by atoms with Gasteiger partial charge in [-0.05, 0) is 42.7 Å². The minimum Gasteiger partial charge on any atom is -0.486 e. The van der Waals surface area contributed by atoms with Gasteiger partial charge in [0, 0.05) is 0 Å². The van der Waals surface area contributed by atoms with Gasteiger partial charge in [0.2, 0.25) is 10.0 Å². The van der Waals surface area contributed by atoms with Crippen molar-refractivity contribution in [2.75, 3.05) is 13.2 Å². The minimum atomic E-state index is -4.40. The first-order chi connectivity index (χ1) is 12.9. The second-order valence-corrected chi connectivity index (χ2v) is 8.42. The Morgan fingerprint density at radius 2 is 1.56 bits per heavy atom. The van der Waals surface area contributed by atoms with Gasteiger partial charge in [0.15, 0.2) is 16.4 Å². The van der Waals surface area contributed by atoms with Crippen LogP contribution in [0.1, 0.15) is 31.2 Å². The Hall–Kier alpha value is -2.19. The zero-order chi connectivity index (χ0) is 19.1. The molecule has 1 heterocycles. The zero-order valence-electron chi connectivity index (χ0n) is 14.5. The third-order valence-electron chi connectivity index (χ3n) is 5.07. The van der Waals surface area contributed by atoms with Crippen LogP contribution >= 0.6 is 0 Å². The molecule has 0 bridgehead atoms. The molecule has 27 heavy (non-hydrogen) atoms. The van der Waals surface area contributed by atoms with Gasteiger partial charge in [-0.15, -0.1) is 0 Å². The van der Waals surface area contributed by atoms with Gasteiger partial charge in [-0.3, -0.25) is 0 Å². The van der Waals surface area contributed by atoms with Gasteiger partial charge in [-0.25, -0.2) is 21.9 Å². The van der Waals surface area contributed by atoms with Crippen LogP contribution in [-0.4, -0.2) is 21.6 Å². The number of benzene rings is 2. The lowest BCUT2D eigenvalue weighted by Crippen LogP contribution is -2.44. The number of hydrogen-bond donors (Lipinski definition) is 1. The highest BCUT2D eigenvalue weighted by molar-refractivity contribution is 7.89. The van der Waals surface area contributed by atoms with Crippen molar-refractivity contribution in [1.82, 2.24) is 4.72 Å². The molecule has 144 valence electrons. The Labute approximate surface area is 156 Å². The van der Waals surface area contributed by atoms with Crippen LogP contribution in [0.3, 0.4) is 0 Å². The molecule has 1 N–H and O–H groups in total. The fourth-order valence-corrected chi connectivity index (χ4v) is 5.40. The van der Waals surface area contributed by atoms with E-state index in [2.05, 4.69) is 4.72 Å². The lowest BCUT2D eigenvalue weighted by molar-refractivity contribution is 0.171. The van der Waals surface area contributed by atoms with E-state index in [0.717, 1.165) is 31.0 Å². The lowest BCUT2D eigenvalue weighted by Gasteiger charge is -2.32. The van der Waals surface area contributed by atoms with Crippen molar-refractivity contribution in [2.24, 2.45) is 0 Å². The molecule has 0 saturated heterocycles. The summed E-state index contributed by atoms with van der Waals surface area (Å²) in [5.74, 6) is -1.09. The molecular formula is C19H19F2NO4S. The van der Waals surface area contributed by atoms with Crippen LogP contribution in [0.4, 0.5) is 8.78 Å². The summed E-state index contributed by atoms with van der Waals surface area (Å²) in [6, 6.07) is 8.27. The van der Waals surface area contributed by atoms with Gasteiger partial charge in [0.1, 0.15) is 24.8 Å². The molecule has 1 aliphatic carbocycles. The highest BCUT2D eigenvalue weighted by atomic mass is 32.2. The van der Waals surface area contributed by atoms with Crippen molar-refractivity contribution in [3.8, 4) is 11.5 Å². The first-order valence-corrected chi connectivity index (χ1v) is 10.3. The molecule has 1 saturated carbocycles. The summed E-state index contributed by atoms with van der Waals surface area (Å²) in [7, 11) is -4.40. The van der Waals surface area contributed by atoms with Gasteiger partial charge in [0.25, 0.3) is 0 Å². The van der Waals surface area contributed by atoms with Gasteiger partial charge >= 0.3 is 0 Å². The van der Waals surface area contributed by atoms with Crippen molar-refractivity contribution in [3.05, 3.63) is 53.6 Å². The lowest BCUT2D eigenvalue weighted by atomic mass is 9.89. The maximum Gasteiger partial charge on any atom is 0.247 e. The molecule has 2 aromatic rings. The standard InChI is InChI=1S/C19H19F2NO4S/c20-14-4-3-5-15(21)18(14)27(23,24)22-19(8-1-2-9-19)13-6-7-16-17(12-13)26-11-10-25-16/h3-7,12,22H,1-2,8-11H2. The minimum absolute atomic E-state index is 0.412. The van der Waals surface area contributed by atoms with Crippen LogP contribution in [0.5, 0.6) is 11.5 Å². The van der Waals surface area contributed by atoms with E-state index >= 15 is 0 Å². The summed E-state index contributed by atoms with van der Waals surface area (Å²) in [6.07, 6.45) is 2.66. The van der Waals surface area contributed by atoms with Crippen molar-refractivity contribution < 1.29 is 26.7 Å². The molecule has 0 aromatic heterocycles. The highest BCUT2D eigenvalue weighted by Gasteiger charge is 2.41. The first kappa shape index (κ1) is 18.2. The predicted octanol–water partition coefficient (Wildman–Crippen LogP) is 3.48. The molecule has 2 aliphatic rings. The van der Waals surface area contributed by atoms with Crippen LogP contribution in [0, 0.1) is 11.6 Å². The Morgan fingerprint density at radius 1 is 0.926 bits per heavy atom. The molecule has 0 amide bonds. The van der Waals surface area contributed by atoms with E-state index in [0.29, 0.717) is 43.1 Å². The normalized spacial score (nSPS) is 18.4. The van der Waals surface area contributed by atoms with E-state index in [1.165, 1.54) is 0 Å². The number of halogens is 2. The number of sulfonamides is 1. The highest BCUT2D eigenvalue weighted by Crippen LogP contribution is 2.43. The second-order valence-electron chi connectivity index (χ2n) is 6.80. The number of rotatable bonds is 4. The SMILES string of the molecule is O=S(=O)(NC1(c2ccc3c(c2)OCCO3)CCCC1)c1c(F)cccc1F. The van der Waals surface area contributed by atoms with Crippen LogP contribution in [0.15, 0.2) is 41.3 Å². The molecule has 0 radical (unpaired) electrons. The van der Waals surface area contributed by atoms with E-state index < -0.39 is 32.1 Å². The number of hydrogen-bond acceptors (Lipinski definition) is 4. The fourth-order valence-electron chi connectivity index (χ4n) is 3.82. The maximum atomic E-state index is 14.1. The molecule has 8 heteroatoms. The van der Waals surface area contributed by atoms with Crippen molar-refractivity contribution in [3.63, 3.8) is 0 Å². The third kappa shape index (κ3) is 3.27. The summed E-state index contributed by atoms with van der Waals surface area (Å²) in [5, 5.41) is 0. The predicted molar refractivity (Wildman–Crippen MR) is 94.3 cm³/mol. The van der Waals surface area contributed by atoms with Crippen molar-refractivity contribution in [2.45, 2.75) is 36.1 Å². The van der Waals surface area contributed by atoms with Crippen molar-refractivity contribution >= 4 is 10.0 Å². The molecule has 0 unspecified atom stereocenters. The average Bonchev–Trinajstić information content (AvgIpc) is 3.10. The Balaban J connectivity index is 1.75. The second kappa shape index (κ2) is 6.76. The van der Waals surface area contributed by atoms with Gasteiger partial charge in [-0.1, -0.05) is 25.0 Å². The van der Waals surface area contributed by atoms with Gasteiger partial charge in [0.05, 0.1) is 5.54 Å². The van der Waals surface area contributed by atoms with E-state index in [1.807, 2.05) is 0 Å². The summed E-state index contributed by atoms with van der Waals surface area (Å²) in [6.45, 7) is 0.867. The summed E-state index contributed by atoms with van der Waals surface area (Å²) in [4.78, 5) is -0.950. The molecule has 0 atom stereocenters. The molecule has 4 rings (SSSR count). The summed E-state index contributed by atoms with van der Waals surface area (Å²) < 4.78 is 67.6. The number of fused-ring (bicyclic) bond motifs is 1. The molecule has 1 fully saturated rings. The van der Waals surface area contributed by atoms with E-state index in [1.54, 1.807) is 18.2 Å². The number of nitrogens with one attached hydrogen (secondary N) is 1. The third-order valence-corrected chi connectivity index (χ3v) is 6.66. The van der Waals surface area contributed by atoms with Crippen LogP contribution < -0.4 is 14.2 Å². The van der Waals surface area contributed by atoms with E-state index in [9.17, 15) is 17.2 Å². The smallest absolute Gasteiger partial charge is 0.247 e. The van der Waals surface area contributed by atoms with Crippen LogP contribution in [0.2, 0.25) is 0 Å². The zero-order valence-corrected chi connectivity index (χ0v) is 15.3. The topological polar surface area (TPSA) is 64.6 Å². The van der Waals surface area contributed by atoms with Gasteiger partial charge < -0.3 is 9.47 Å². The quantitative estimate of drug-likeness (QED) is 0.861. The monoisotopic (exact) mass is 395 g/mol. The van der Waals surface area contributed by atoms with E-state index in [4.69, 9.17) is 9.47 Å². The van der Waals surface area contributed by atoms with Crippen LogP contribution in [-0.2, 0) is 15.6 Å². The fraction of sp³-hybridized carbons (Fsp3) is 0.368.